The second kappa shape index (κ2) is 4.81. The van der Waals surface area contributed by atoms with Crippen LogP contribution >= 0.6 is 0 Å². The van der Waals surface area contributed by atoms with E-state index in [0.717, 1.165) is 29.9 Å². The molecular weight excluding hydrogens is 204 g/mol. The number of hydrogen-bond donors (Lipinski definition) is 2. The Morgan fingerprint density at radius 3 is 2.88 bits per heavy atom. The van der Waals surface area contributed by atoms with E-state index in [0.29, 0.717) is 0 Å². The maximum atomic E-state index is 9.75. The first kappa shape index (κ1) is 10.7. The molecule has 16 heavy (non-hydrogen) atoms. The van der Waals surface area contributed by atoms with Gasteiger partial charge >= 0.3 is 0 Å². The third-order valence-electron chi connectivity index (χ3n) is 2.44. The van der Waals surface area contributed by atoms with E-state index in [1.165, 1.54) is 0 Å². The predicted molar refractivity (Wildman–Crippen MR) is 61.2 cm³/mol. The number of phenols is 1. The Balaban J connectivity index is 2.33. The minimum absolute atomic E-state index is 0.247. The number of likely N-dealkylation sites (N-methyl/N-ethyl adjacent to an activating group) is 1. The summed E-state index contributed by atoms with van der Waals surface area (Å²) in [4.78, 5) is 0. The van der Waals surface area contributed by atoms with Crippen LogP contribution in [-0.2, 0) is 6.42 Å². The summed E-state index contributed by atoms with van der Waals surface area (Å²) >= 11 is 0. The Morgan fingerprint density at radius 1 is 1.31 bits per heavy atom. The average molecular weight is 218 g/mol. The highest BCUT2D eigenvalue weighted by Gasteiger charge is 2.12. The molecule has 0 saturated heterocycles. The molecular formula is C12H14N2O2. The summed E-state index contributed by atoms with van der Waals surface area (Å²) in [6, 6.07) is 7.18. The van der Waals surface area contributed by atoms with Gasteiger partial charge in [0, 0.05) is 24.1 Å². The van der Waals surface area contributed by atoms with Gasteiger partial charge in [-0.15, -0.1) is 0 Å². The van der Waals surface area contributed by atoms with E-state index in [4.69, 9.17) is 4.52 Å². The van der Waals surface area contributed by atoms with E-state index in [9.17, 15) is 5.11 Å². The highest BCUT2D eigenvalue weighted by atomic mass is 16.5. The van der Waals surface area contributed by atoms with Crippen LogP contribution in [0.25, 0.3) is 11.1 Å². The van der Waals surface area contributed by atoms with Crippen molar-refractivity contribution < 1.29 is 9.63 Å². The lowest BCUT2D eigenvalue weighted by atomic mass is 10.0. The molecule has 2 N–H and O–H groups in total. The van der Waals surface area contributed by atoms with Gasteiger partial charge in [0.05, 0.1) is 6.20 Å². The average Bonchev–Trinajstić information content (AvgIpc) is 2.75. The summed E-state index contributed by atoms with van der Waals surface area (Å²) in [5, 5.41) is 16.6. The molecule has 0 fully saturated rings. The fraction of sp³-hybridized carbons (Fsp3) is 0.250. The molecule has 0 unspecified atom stereocenters. The van der Waals surface area contributed by atoms with Crippen molar-refractivity contribution in [3.05, 3.63) is 36.2 Å². The van der Waals surface area contributed by atoms with E-state index >= 15 is 0 Å². The maximum absolute atomic E-state index is 9.75. The SMILES string of the molecule is CNCCc1oncc1-c1ccccc1O. The van der Waals surface area contributed by atoms with Gasteiger partial charge in [0.25, 0.3) is 0 Å². The number of phenolic OH excluding ortho intramolecular Hbond substituents is 1. The monoisotopic (exact) mass is 218 g/mol. The molecule has 0 spiro atoms. The van der Waals surface area contributed by atoms with Gasteiger partial charge < -0.3 is 14.9 Å². The van der Waals surface area contributed by atoms with Gasteiger partial charge in [-0.05, 0) is 13.1 Å². The van der Waals surface area contributed by atoms with E-state index in [1.54, 1.807) is 18.3 Å². The first-order valence-electron chi connectivity index (χ1n) is 5.19. The molecule has 0 bridgehead atoms. The quantitative estimate of drug-likeness (QED) is 0.821. The van der Waals surface area contributed by atoms with E-state index in [1.807, 2.05) is 19.2 Å². The van der Waals surface area contributed by atoms with E-state index in [-0.39, 0.29) is 5.75 Å². The highest BCUT2D eigenvalue weighted by molar-refractivity contribution is 5.70. The number of hydrogen-bond acceptors (Lipinski definition) is 4. The second-order valence-corrected chi connectivity index (χ2v) is 3.53. The molecule has 2 aromatic rings. The molecule has 1 aromatic heterocycles. The fourth-order valence-corrected chi connectivity index (χ4v) is 1.60. The lowest BCUT2D eigenvalue weighted by Gasteiger charge is -2.03. The molecule has 0 atom stereocenters. The van der Waals surface area contributed by atoms with Crippen LogP contribution in [0.5, 0.6) is 5.75 Å². The third kappa shape index (κ3) is 2.06. The standard InChI is InChI=1S/C12H14N2O2/c1-13-7-6-12-10(8-14-16-12)9-4-2-3-5-11(9)15/h2-5,8,13,15H,6-7H2,1H3. The molecule has 0 radical (unpaired) electrons. The molecule has 1 heterocycles. The Hall–Kier alpha value is -1.81. The number of nitrogens with zero attached hydrogens (tertiary/aromatic N) is 1. The van der Waals surface area contributed by atoms with E-state index in [2.05, 4.69) is 10.5 Å². The number of rotatable bonds is 4. The fourth-order valence-electron chi connectivity index (χ4n) is 1.60. The summed E-state index contributed by atoms with van der Waals surface area (Å²) in [5.41, 5.74) is 1.61. The number of para-hydroxylation sites is 1. The molecule has 4 heteroatoms. The van der Waals surface area contributed by atoms with Crippen LogP contribution in [0.15, 0.2) is 35.0 Å². The first-order chi connectivity index (χ1) is 7.83. The number of benzene rings is 1. The van der Waals surface area contributed by atoms with Gasteiger partial charge in [-0.2, -0.15) is 0 Å². The van der Waals surface area contributed by atoms with Crippen molar-refractivity contribution in [3.8, 4) is 16.9 Å². The molecule has 2 rings (SSSR count). The van der Waals surface area contributed by atoms with Crippen LogP contribution in [0.2, 0.25) is 0 Å². The molecule has 1 aromatic carbocycles. The van der Waals surface area contributed by atoms with E-state index < -0.39 is 0 Å². The second-order valence-electron chi connectivity index (χ2n) is 3.53. The van der Waals surface area contributed by atoms with Gasteiger partial charge in [-0.3, -0.25) is 0 Å². The van der Waals surface area contributed by atoms with Crippen molar-refractivity contribution in [2.24, 2.45) is 0 Å². The normalized spacial score (nSPS) is 10.6. The maximum Gasteiger partial charge on any atom is 0.145 e. The Morgan fingerprint density at radius 2 is 2.12 bits per heavy atom. The lowest BCUT2D eigenvalue weighted by molar-refractivity contribution is 0.382. The van der Waals surface area contributed by atoms with Crippen molar-refractivity contribution in [1.82, 2.24) is 10.5 Å². The molecule has 0 aliphatic rings. The number of nitrogens with one attached hydrogen (secondary N) is 1. The summed E-state index contributed by atoms with van der Waals surface area (Å²) in [7, 11) is 1.88. The molecule has 0 saturated carbocycles. The lowest BCUT2D eigenvalue weighted by Crippen LogP contribution is -2.10. The van der Waals surface area contributed by atoms with Crippen LogP contribution < -0.4 is 5.32 Å². The van der Waals surface area contributed by atoms with Crippen molar-refractivity contribution in [2.75, 3.05) is 13.6 Å². The van der Waals surface area contributed by atoms with Crippen LogP contribution in [0.3, 0.4) is 0 Å². The van der Waals surface area contributed by atoms with Gasteiger partial charge in [0.2, 0.25) is 0 Å². The number of aromatic hydroxyl groups is 1. The van der Waals surface area contributed by atoms with Crippen LogP contribution in [0, 0.1) is 0 Å². The molecule has 0 aliphatic heterocycles. The first-order valence-corrected chi connectivity index (χ1v) is 5.19. The zero-order chi connectivity index (χ0) is 11.4. The van der Waals surface area contributed by atoms with Crippen LogP contribution in [0.4, 0.5) is 0 Å². The van der Waals surface area contributed by atoms with Gasteiger partial charge in [0.1, 0.15) is 11.5 Å². The van der Waals surface area contributed by atoms with Gasteiger partial charge in [0.15, 0.2) is 0 Å². The highest BCUT2D eigenvalue weighted by Crippen LogP contribution is 2.31. The summed E-state index contributed by atoms with van der Waals surface area (Å²) in [5.74, 6) is 1.03. The predicted octanol–water partition coefficient (Wildman–Crippen LogP) is 1.81. The molecule has 0 aliphatic carbocycles. The van der Waals surface area contributed by atoms with Crippen molar-refractivity contribution >= 4 is 0 Å². The van der Waals surface area contributed by atoms with Crippen LogP contribution in [0.1, 0.15) is 5.76 Å². The zero-order valence-corrected chi connectivity index (χ0v) is 9.10. The smallest absolute Gasteiger partial charge is 0.145 e. The largest absolute Gasteiger partial charge is 0.507 e. The minimum atomic E-state index is 0.247. The summed E-state index contributed by atoms with van der Waals surface area (Å²) < 4.78 is 5.18. The summed E-state index contributed by atoms with van der Waals surface area (Å²) in [6.45, 7) is 0.815. The Kier molecular flexibility index (Phi) is 3.22. The van der Waals surface area contributed by atoms with Gasteiger partial charge in [-0.25, -0.2) is 0 Å². The minimum Gasteiger partial charge on any atom is -0.507 e. The van der Waals surface area contributed by atoms with Crippen molar-refractivity contribution in [3.63, 3.8) is 0 Å². The molecule has 0 amide bonds. The third-order valence-corrected chi connectivity index (χ3v) is 2.44. The molecule has 4 nitrogen and oxygen atoms in total. The Bertz CT molecular complexity index is 466. The Labute approximate surface area is 93.9 Å². The zero-order valence-electron chi connectivity index (χ0n) is 9.10. The molecule has 84 valence electrons. The van der Waals surface area contributed by atoms with Crippen molar-refractivity contribution in [2.45, 2.75) is 6.42 Å². The van der Waals surface area contributed by atoms with Crippen molar-refractivity contribution in [1.29, 1.82) is 0 Å². The topological polar surface area (TPSA) is 58.3 Å². The number of aromatic nitrogens is 1. The van der Waals surface area contributed by atoms with Gasteiger partial charge in [-0.1, -0.05) is 23.4 Å². The van der Waals surface area contributed by atoms with Crippen LogP contribution in [-0.4, -0.2) is 23.9 Å². The summed E-state index contributed by atoms with van der Waals surface area (Å²) in [6.07, 6.45) is 2.39.